The molecular formula is C20H28ClN3O4. The third-order valence-electron chi connectivity index (χ3n) is 4.21. The van der Waals surface area contributed by atoms with Gasteiger partial charge in [-0.1, -0.05) is 17.7 Å². The molecule has 0 atom stereocenters. The highest BCUT2D eigenvalue weighted by molar-refractivity contribution is 6.30. The predicted octanol–water partition coefficient (Wildman–Crippen LogP) is 2.93. The number of halogens is 1. The molecule has 0 unspecified atom stereocenters. The molecule has 0 spiro atoms. The number of amides is 3. The third kappa shape index (κ3) is 7.03. The molecule has 2 rings (SSSR count). The molecule has 1 fully saturated rings. The Bertz CT molecular complexity index is 718. The summed E-state index contributed by atoms with van der Waals surface area (Å²) < 4.78 is 5.15. The van der Waals surface area contributed by atoms with Gasteiger partial charge in [0.15, 0.2) is 0 Å². The molecule has 1 aliphatic heterocycles. The van der Waals surface area contributed by atoms with Crippen molar-refractivity contribution in [3.63, 3.8) is 0 Å². The Hall–Kier alpha value is -2.28. The first kappa shape index (κ1) is 22.0. The van der Waals surface area contributed by atoms with E-state index in [-0.39, 0.29) is 24.8 Å². The van der Waals surface area contributed by atoms with E-state index in [4.69, 9.17) is 16.3 Å². The lowest BCUT2D eigenvalue weighted by atomic mass is 10.2. The van der Waals surface area contributed by atoms with Crippen molar-refractivity contribution in [2.45, 2.75) is 39.2 Å². The summed E-state index contributed by atoms with van der Waals surface area (Å²) in [5.74, 6) is -0.128. The zero-order valence-corrected chi connectivity index (χ0v) is 17.4. The Kier molecular flexibility index (Phi) is 7.69. The topological polar surface area (TPSA) is 79.0 Å². The lowest BCUT2D eigenvalue weighted by Gasteiger charge is -2.23. The summed E-state index contributed by atoms with van der Waals surface area (Å²) in [5.41, 5.74) is -0.0217. The maximum absolute atomic E-state index is 12.6. The average Bonchev–Trinajstić information content (AvgIpc) is 2.85. The predicted molar refractivity (Wildman–Crippen MR) is 107 cm³/mol. The van der Waals surface area contributed by atoms with Crippen LogP contribution in [0.1, 0.15) is 44.0 Å². The molecule has 7 nitrogen and oxygen atoms in total. The Labute approximate surface area is 171 Å². The summed E-state index contributed by atoms with van der Waals surface area (Å²) in [6, 6.07) is 6.87. The van der Waals surface area contributed by atoms with Crippen molar-refractivity contribution in [2.24, 2.45) is 0 Å². The lowest BCUT2D eigenvalue weighted by molar-refractivity contribution is -0.130. The molecule has 1 aromatic rings. The Morgan fingerprint density at radius 3 is 2.46 bits per heavy atom. The summed E-state index contributed by atoms with van der Waals surface area (Å²) >= 11 is 5.97. The summed E-state index contributed by atoms with van der Waals surface area (Å²) in [6.45, 7) is 7.68. The van der Waals surface area contributed by atoms with Gasteiger partial charge in [-0.3, -0.25) is 9.59 Å². The zero-order valence-electron chi connectivity index (χ0n) is 16.7. The molecule has 1 N–H and O–H groups in total. The first-order valence-electron chi connectivity index (χ1n) is 9.45. The van der Waals surface area contributed by atoms with Crippen LogP contribution in [-0.2, 0) is 9.53 Å². The van der Waals surface area contributed by atoms with Gasteiger partial charge >= 0.3 is 6.09 Å². The summed E-state index contributed by atoms with van der Waals surface area (Å²) in [6.07, 6.45) is 0.369. The quantitative estimate of drug-likeness (QED) is 0.829. The molecule has 0 saturated carbocycles. The standard InChI is InChI=1S/C20H28ClN3O4/c1-20(2,3)28-19(27)22-9-8-17(25)23-10-5-11-24(13-12-23)18(26)15-6-4-7-16(21)14-15/h4,6-7,14H,5,8-13H2,1-3H3,(H,22,27). The highest BCUT2D eigenvalue weighted by atomic mass is 35.5. The number of nitrogens with zero attached hydrogens (tertiary/aromatic N) is 2. The number of rotatable bonds is 4. The molecule has 0 bridgehead atoms. The minimum Gasteiger partial charge on any atom is -0.444 e. The van der Waals surface area contributed by atoms with E-state index in [0.29, 0.717) is 43.2 Å². The molecule has 1 heterocycles. The van der Waals surface area contributed by atoms with Gasteiger partial charge in [0, 0.05) is 49.7 Å². The molecular weight excluding hydrogens is 382 g/mol. The molecule has 0 aromatic heterocycles. The molecule has 1 saturated heterocycles. The monoisotopic (exact) mass is 409 g/mol. The molecule has 8 heteroatoms. The second-order valence-corrected chi connectivity index (χ2v) is 8.15. The summed E-state index contributed by atoms with van der Waals surface area (Å²) in [5, 5.41) is 3.12. The summed E-state index contributed by atoms with van der Waals surface area (Å²) in [4.78, 5) is 40.2. The van der Waals surface area contributed by atoms with Gasteiger partial charge in [0.1, 0.15) is 5.60 Å². The van der Waals surface area contributed by atoms with E-state index in [1.165, 1.54) is 0 Å². The van der Waals surface area contributed by atoms with Crippen LogP contribution in [0.15, 0.2) is 24.3 Å². The second-order valence-electron chi connectivity index (χ2n) is 7.72. The van der Waals surface area contributed by atoms with Gasteiger partial charge in [0.05, 0.1) is 0 Å². The van der Waals surface area contributed by atoms with Crippen LogP contribution in [0.5, 0.6) is 0 Å². The molecule has 0 radical (unpaired) electrons. The van der Waals surface area contributed by atoms with Crippen molar-refractivity contribution < 1.29 is 19.1 Å². The smallest absolute Gasteiger partial charge is 0.407 e. The fourth-order valence-electron chi connectivity index (χ4n) is 2.92. The minimum atomic E-state index is -0.572. The fraction of sp³-hybridized carbons (Fsp3) is 0.550. The van der Waals surface area contributed by atoms with Crippen LogP contribution in [0, 0.1) is 0 Å². The molecule has 1 aliphatic rings. The van der Waals surface area contributed by atoms with Crippen LogP contribution >= 0.6 is 11.6 Å². The maximum atomic E-state index is 12.6. The van der Waals surface area contributed by atoms with Crippen LogP contribution in [0.2, 0.25) is 5.02 Å². The van der Waals surface area contributed by atoms with Crippen LogP contribution < -0.4 is 5.32 Å². The van der Waals surface area contributed by atoms with Crippen molar-refractivity contribution in [3.05, 3.63) is 34.9 Å². The zero-order chi connectivity index (χ0) is 20.7. The van der Waals surface area contributed by atoms with E-state index in [2.05, 4.69) is 5.32 Å². The van der Waals surface area contributed by atoms with Crippen LogP contribution in [-0.4, -0.2) is 66.0 Å². The molecule has 3 amide bonds. The Morgan fingerprint density at radius 2 is 1.79 bits per heavy atom. The SMILES string of the molecule is CC(C)(C)OC(=O)NCCC(=O)N1CCCN(C(=O)c2cccc(Cl)c2)CC1. The highest BCUT2D eigenvalue weighted by Gasteiger charge is 2.23. The van der Waals surface area contributed by atoms with Crippen molar-refractivity contribution in [3.8, 4) is 0 Å². The third-order valence-corrected chi connectivity index (χ3v) is 4.45. The van der Waals surface area contributed by atoms with Crippen LogP contribution in [0.4, 0.5) is 4.79 Å². The largest absolute Gasteiger partial charge is 0.444 e. The van der Waals surface area contributed by atoms with Gasteiger partial charge in [0.25, 0.3) is 5.91 Å². The van der Waals surface area contributed by atoms with Crippen LogP contribution in [0.25, 0.3) is 0 Å². The Balaban J connectivity index is 1.80. The number of ether oxygens (including phenoxy) is 1. The van der Waals surface area contributed by atoms with E-state index in [0.717, 1.165) is 0 Å². The fourth-order valence-corrected chi connectivity index (χ4v) is 3.11. The van der Waals surface area contributed by atoms with Gasteiger partial charge in [-0.25, -0.2) is 4.79 Å². The first-order chi connectivity index (χ1) is 13.2. The number of carbonyl (C=O) groups is 3. The van der Waals surface area contributed by atoms with Gasteiger partial charge in [-0.05, 0) is 45.4 Å². The number of nitrogens with one attached hydrogen (secondary N) is 1. The average molecular weight is 410 g/mol. The Morgan fingerprint density at radius 1 is 1.11 bits per heavy atom. The van der Waals surface area contributed by atoms with E-state index < -0.39 is 11.7 Å². The summed E-state index contributed by atoms with van der Waals surface area (Å²) in [7, 11) is 0. The minimum absolute atomic E-state index is 0.0480. The van der Waals surface area contributed by atoms with Gasteiger partial charge in [-0.15, -0.1) is 0 Å². The van der Waals surface area contributed by atoms with Crippen molar-refractivity contribution in [2.75, 3.05) is 32.7 Å². The van der Waals surface area contributed by atoms with E-state index in [1.54, 1.807) is 54.8 Å². The van der Waals surface area contributed by atoms with Crippen molar-refractivity contribution in [1.29, 1.82) is 0 Å². The van der Waals surface area contributed by atoms with Crippen LogP contribution in [0.3, 0.4) is 0 Å². The van der Waals surface area contributed by atoms with Gasteiger partial charge in [0.2, 0.25) is 5.91 Å². The van der Waals surface area contributed by atoms with Crippen molar-refractivity contribution in [1.82, 2.24) is 15.1 Å². The molecule has 28 heavy (non-hydrogen) atoms. The maximum Gasteiger partial charge on any atom is 0.407 e. The molecule has 0 aliphatic carbocycles. The van der Waals surface area contributed by atoms with Crippen molar-refractivity contribution >= 4 is 29.5 Å². The van der Waals surface area contributed by atoms with E-state index in [1.807, 2.05) is 0 Å². The first-order valence-corrected chi connectivity index (χ1v) is 9.83. The molecule has 1 aromatic carbocycles. The van der Waals surface area contributed by atoms with Gasteiger partial charge < -0.3 is 19.9 Å². The highest BCUT2D eigenvalue weighted by Crippen LogP contribution is 2.14. The number of alkyl carbamates (subject to hydrolysis) is 1. The normalized spacial score (nSPS) is 15.0. The lowest BCUT2D eigenvalue weighted by Crippen LogP contribution is -2.39. The second kappa shape index (κ2) is 9.78. The number of hydrogen-bond donors (Lipinski definition) is 1. The van der Waals surface area contributed by atoms with E-state index >= 15 is 0 Å². The number of benzene rings is 1. The van der Waals surface area contributed by atoms with Gasteiger partial charge in [-0.2, -0.15) is 0 Å². The molecule has 154 valence electrons. The van der Waals surface area contributed by atoms with E-state index in [9.17, 15) is 14.4 Å². The number of hydrogen-bond acceptors (Lipinski definition) is 4. The number of carbonyl (C=O) groups excluding carboxylic acids is 3.